The van der Waals surface area contributed by atoms with Crippen molar-refractivity contribution in [2.24, 2.45) is 5.73 Å². The van der Waals surface area contributed by atoms with Gasteiger partial charge in [0.25, 0.3) is 0 Å². The van der Waals surface area contributed by atoms with Gasteiger partial charge >= 0.3 is 20.6 Å². The van der Waals surface area contributed by atoms with Crippen LogP contribution in [0.4, 0.5) is 0 Å². The number of hydrogen-bond acceptors (Lipinski definition) is 7. The third kappa shape index (κ3) is 20.2. The molecule has 0 saturated heterocycles. The summed E-state index contributed by atoms with van der Waals surface area (Å²) in [6, 6.07) is 0. The molecule has 0 spiro atoms. The maximum atomic E-state index is 12.0. The van der Waals surface area contributed by atoms with Gasteiger partial charge in [-0.05, 0) is 25.8 Å². The van der Waals surface area contributed by atoms with E-state index in [9.17, 15) is 14.2 Å². The number of carbonyl (C=O) groups is 2. The van der Waals surface area contributed by atoms with Crippen molar-refractivity contribution in [2.45, 2.75) is 109 Å². The summed E-state index contributed by atoms with van der Waals surface area (Å²) in [5, 5.41) is 0. The smallest absolute Gasteiger partial charge is 0.327 e. The molecule has 30 heavy (non-hydrogen) atoms. The maximum Gasteiger partial charge on any atom is 0.327 e. The molecule has 0 heterocycles. The topological polar surface area (TPSA) is 105 Å². The first kappa shape index (κ1) is 29.0. The first-order valence-electron chi connectivity index (χ1n) is 11.6. The molecule has 0 fully saturated rings. The van der Waals surface area contributed by atoms with Gasteiger partial charge in [0.2, 0.25) is 0 Å². The van der Waals surface area contributed by atoms with Crippen molar-refractivity contribution in [3.05, 3.63) is 0 Å². The predicted molar refractivity (Wildman–Crippen MR) is 118 cm³/mol. The second kappa shape index (κ2) is 22.6. The van der Waals surface area contributed by atoms with Crippen molar-refractivity contribution >= 4 is 20.6 Å². The number of carbonyl (C=O) groups excluding carboxylic acids is 2. The highest BCUT2D eigenvalue weighted by Crippen LogP contribution is 2.11. The molecular formula is C22H42NO6P. The van der Waals surface area contributed by atoms with Crippen LogP contribution in [0.2, 0.25) is 0 Å². The van der Waals surface area contributed by atoms with Crippen molar-refractivity contribution < 1.29 is 28.2 Å². The van der Waals surface area contributed by atoms with Crippen LogP contribution in [0.3, 0.4) is 0 Å². The number of unbranched alkanes of at least 4 members (excludes halogenated alkanes) is 11. The molecule has 0 saturated carbocycles. The Bertz CT molecular complexity index is 436. The minimum Gasteiger partial charge on any atom is -0.462 e. The predicted octanol–water partition coefficient (Wildman–Crippen LogP) is 5.49. The van der Waals surface area contributed by atoms with Gasteiger partial charge in [0.05, 0.1) is 0 Å². The van der Waals surface area contributed by atoms with Crippen LogP contribution in [-0.4, -0.2) is 37.8 Å². The summed E-state index contributed by atoms with van der Waals surface area (Å²) in [4.78, 5) is 23.9. The van der Waals surface area contributed by atoms with Gasteiger partial charge in [-0.15, -0.1) is 0 Å². The van der Waals surface area contributed by atoms with Gasteiger partial charge in [0.1, 0.15) is 13.2 Å². The molecule has 1 atom stereocenters. The Morgan fingerprint density at radius 3 is 1.87 bits per heavy atom. The highest BCUT2D eigenvalue weighted by atomic mass is 31.1. The van der Waals surface area contributed by atoms with Crippen LogP contribution in [0.15, 0.2) is 0 Å². The molecule has 0 aliphatic rings. The molecule has 2 N–H and O–H groups in total. The van der Waals surface area contributed by atoms with Gasteiger partial charge in [0, 0.05) is 12.8 Å². The lowest BCUT2D eigenvalue weighted by Gasteiger charge is -2.16. The fraction of sp³-hybridized carbons (Fsp3) is 0.909. The number of hydrogen-bond donors (Lipinski definition) is 1. The summed E-state index contributed by atoms with van der Waals surface area (Å²) in [5.41, 5.74) is 5.47. The fourth-order valence-electron chi connectivity index (χ4n) is 3.08. The quantitative estimate of drug-likeness (QED) is 0.133. The Morgan fingerprint density at radius 1 is 0.767 bits per heavy atom. The maximum absolute atomic E-state index is 12.0. The van der Waals surface area contributed by atoms with Gasteiger partial charge in [-0.2, -0.15) is 0 Å². The van der Waals surface area contributed by atoms with Crippen LogP contribution < -0.4 is 5.73 Å². The molecule has 0 aromatic rings. The molecule has 0 bridgehead atoms. The van der Waals surface area contributed by atoms with E-state index in [1.807, 2.05) is 0 Å². The van der Waals surface area contributed by atoms with Crippen molar-refractivity contribution in [3.8, 4) is 0 Å². The van der Waals surface area contributed by atoms with Gasteiger partial charge in [-0.25, -0.2) is 4.57 Å². The Hall–Kier alpha value is -1.04. The van der Waals surface area contributed by atoms with E-state index >= 15 is 0 Å². The van der Waals surface area contributed by atoms with Crippen LogP contribution in [-0.2, 0) is 28.2 Å². The number of esters is 2. The van der Waals surface area contributed by atoms with Crippen LogP contribution in [0.5, 0.6) is 0 Å². The Morgan fingerprint density at radius 2 is 1.30 bits per heavy atom. The molecule has 8 heteroatoms. The minimum absolute atomic E-state index is 0.0661. The molecule has 7 nitrogen and oxygen atoms in total. The van der Waals surface area contributed by atoms with E-state index in [4.69, 9.17) is 19.7 Å². The Labute approximate surface area is 184 Å². The first-order chi connectivity index (χ1) is 14.6. The lowest BCUT2D eigenvalue weighted by molar-refractivity contribution is -0.160. The minimum atomic E-state index is -0.731. The molecule has 176 valence electrons. The van der Waals surface area contributed by atoms with Crippen molar-refractivity contribution in [1.29, 1.82) is 0 Å². The lowest BCUT2D eigenvalue weighted by Crippen LogP contribution is -2.28. The standard InChI is InChI=1S/C22H42NO6P/c1-2-3-4-5-9-13-16-22(25)29-20(19-28-30-26)18-27-21(24)15-12-10-7-6-8-11-14-17-23/h20H,2-19,23H2,1H3/t20-/m0/s1. The van der Waals surface area contributed by atoms with Gasteiger partial charge < -0.3 is 15.2 Å². The average Bonchev–Trinajstić information content (AvgIpc) is 2.74. The molecule has 0 amide bonds. The highest BCUT2D eigenvalue weighted by Gasteiger charge is 2.17. The van der Waals surface area contributed by atoms with Gasteiger partial charge in [-0.3, -0.25) is 14.1 Å². The zero-order chi connectivity index (χ0) is 22.3. The van der Waals surface area contributed by atoms with Crippen molar-refractivity contribution in [1.82, 2.24) is 0 Å². The van der Waals surface area contributed by atoms with Crippen LogP contribution in [0, 0.1) is 0 Å². The van der Waals surface area contributed by atoms with E-state index in [1.54, 1.807) is 0 Å². The number of ether oxygens (including phenoxy) is 2. The number of rotatable bonds is 22. The molecular weight excluding hydrogens is 405 g/mol. The zero-order valence-electron chi connectivity index (χ0n) is 18.8. The van der Waals surface area contributed by atoms with E-state index in [2.05, 4.69) is 6.92 Å². The third-order valence-corrected chi connectivity index (χ3v) is 5.12. The monoisotopic (exact) mass is 447 g/mol. The van der Waals surface area contributed by atoms with Crippen molar-refractivity contribution in [2.75, 3.05) is 19.8 Å². The molecule has 0 radical (unpaired) electrons. The highest BCUT2D eigenvalue weighted by molar-refractivity contribution is 7.17. The van der Waals surface area contributed by atoms with E-state index in [0.717, 1.165) is 57.9 Å². The largest absolute Gasteiger partial charge is 0.462 e. The fourth-order valence-corrected chi connectivity index (χ4v) is 3.31. The first-order valence-corrected chi connectivity index (χ1v) is 12.4. The van der Waals surface area contributed by atoms with Crippen LogP contribution in [0.1, 0.15) is 103 Å². The SMILES string of the molecule is CCCCCCCCC(=O)O[C@H](COP=O)COC(=O)CCCCCCCCCN. The molecule has 0 aromatic heterocycles. The van der Waals surface area contributed by atoms with Crippen molar-refractivity contribution in [3.63, 3.8) is 0 Å². The molecule has 0 unspecified atom stereocenters. The number of nitrogens with two attached hydrogens (primary N) is 1. The van der Waals surface area contributed by atoms with Crippen LogP contribution >= 0.6 is 8.69 Å². The zero-order valence-corrected chi connectivity index (χ0v) is 19.7. The summed E-state index contributed by atoms with van der Waals surface area (Å²) < 4.78 is 25.9. The average molecular weight is 448 g/mol. The second-order valence-electron chi connectivity index (χ2n) is 7.70. The lowest BCUT2D eigenvalue weighted by atomic mass is 10.1. The van der Waals surface area contributed by atoms with Gasteiger partial charge in [-0.1, -0.05) is 71.1 Å². The summed E-state index contributed by atoms with van der Waals surface area (Å²) in [7, 11) is -0.492. The van der Waals surface area contributed by atoms with E-state index in [-0.39, 0.29) is 25.2 Å². The Balaban J connectivity index is 3.91. The second-order valence-corrected chi connectivity index (χ2v) is 8.10. The summed E-state index contributed by atoms with van der Waals surface area (Å²) in [6.45, 7) is 2.78. The molecule has 0 aliphatic heterocycles. The summed E-state index contributed by atoms with van der Waals surface area (Å²) in [6.07, 6.45) is 13.9. The molecule has 0 rings (SSSR count). The normalized spacial score (nSPS) is 12.1. The molecule has 0 aliphatic carbocycles. The van der Waals surface area contributed by atoms with E-state index in [1.165, 1.54) is 32.1 Å². The van der Waals surface area contributed by atoms with Gasteiger partial charge in [0.15, 0.2) is 6.10 Å². The summed E-state index contributed by atoms with van der Waals surface area (Å²) >= 11 is 0. The van der Waals surface area contributed by atoms with Crippen LogP contribution in [0.25, 0.3) is 0 Å². The van der Waals surface area contributed by atoms with E-state index < -0.39 is 14.8 Å². The summed E-state index contributed by atoms with van der Waals surface area (Å²) in [5.74, 6) is -0.651. The molecule has 0 aromatic carbocycles. The Kier molecular flexibility index (Phi) is 21.9. The van der Waals surface area contributed by atoms with E-state index in [0.29, 0.717) is 12.8 Å². The third-order valence-electron chi connectivity index (χ3n) is 4.86.